The van der Waals surface area contributed by atoms with Crippen LogP contribution in [0.15, 0.2) is 42.9 Å². The fraction of sp³-hybridized carbons (Fsp3) is 0.250. The van der Waals surface area contributed by atoms with Crippen LogP contribution in [-0.4, -0.2) is 29.9 Å². The average Bonchev–Trinajstić information content (AvgIpc) is 3.33. The van der Waals surface area contributed by atoms with Gasteiger partial charge in [-0.05, 0) is 45.0 Å². The van der Waals surface area contributed by atoms with E-state index in [4.69, 9.17) is 4.74 Å². The number of aliphatic hydroxyl groups is 1. The van der Waals surface area contributed by atoms with Crippen LogP contribution in [0.1, 0.15) is 38.1 Å². The second-order valence-corrected chi connectivity index (χ2v) is 7.24. The van der Waals surface area contributed by atoms with Crippen molar-refractivity contribution in [2.75, 3.05) is 0 Å². The quantitative estimate of drug-likeness (QED) is 0.533. The summed E-state index contributed by atoms with van der Waals surface area (Å²) in [6.45, 7) is 4.74. The lowest BCUT2D eigenvalue weighted by Gasteiger charge is -2.19. The number of ether oxygens (including phenoxy) is 1. The monoisotopic (exact) mass is 399 g/mol. The molecule has 1 atom stereocenters. The van der Waals surface area contributed by atoms with E-state index in [0.717, 1.165) is 0 Å². The van der Waals surface area contributed by atoms with Gasteiger partial charge >= 0.3 is 0 Å². The zero-order chi connectivity index (χ0) is 20.8. The Morgan fingerprint density at radius 1 is 1.21 bits per heavy atom. The maximum Gasteiger partial charge on any atom is 0.174 e. The van der Waals surface area contributed by atoms with Crippen LogP contribution in [0.25, 0.3) is 16.9 Å². The van der Waals surface area contributed by atoms with Crippen molar-refractivity contribution in [2.45, 2.75) is 32.5 Å². The third-order valence-corrected chi connectivity index (χ3v) is 4.66. The fourth-order valence-electron chi connectivity index (χ4n) is 3.11. The minimum Gasteiger partial charge on any atom is -0.481 e. The molecule has 1 unspecified atom stereocenters. The highest BCUT2D eigenvalue weighted by molar-refractivity contribution is 5.66. The van der Waals surface area contributed by atoms with Crippen molar-refractivity contribution in [3.05, 3.63) is 65.7 Å². The highest BCUT2D eigenvalue weighted by atomic mass is 19.1. The minimum absolute atomic E-state index is 0.0292. The summed E-state index contributed by atoms with van der Waals surface area (Å²) >= 11 is 0. The summed E-state index contributed by atoms with van der Waals surface area (Å²) in [7, 11) is 0. The molecule has 150 valence electrons. The Morgan fingerprint density at radius 2 is 2.00 bits per heavy atom. The number of nitrogens with zero attached hydrogens (tertiary/aromatic N) is 4. The third-order valence-electron chi connectivity index (χ3n) is 4.66. The van der Waals surface area contributed by atoms with Gasteiger partial charge in [-0.15, -0.1) is 0 Å². The summed E-state index contributed by atoms with van der Waals surface area (Å²) in [5.41, 5.74) is 0.559. The van der Waals surface area contributed by atoms with Gasteiger partial charge in [-0.25, -0.2) is 13.8 Å². The molecule has 0 aliphatic heterocycles. The van der Waals surface area contributed by atoms with Gasteiger partial charge in [0.1, 0.15) is 11.8 Å². The van der Waals surface area contributed by atoms with Crippen LogP contribution in [-0.2, 0) is 5.60 Å². The number of aromatic nitrogens is 5. The minimum atomic E-state index is -1.34. The number of hydrogen-bond donors (Lipinski definition) is 2. The van der Waals surface area contributed by atoms with E-state index in [2.05, 4.69) is 20.4 Å². The summed E-state index contributed by atoms with van der Waals surface area (Å²) < 4.78 is 36.4. The maximum atomic E-state index is 14.8. The Bertz CT molecular complexity index is 1170. The van der Waals surface area contributed by atoms with E-state index in [1.807, 2.05) is 0 Å². The topological polar surface area (TPSA) is 88.3 Å². The van der Waals surface area contributed by atoms with E-state index in [-0.39, 0.29) is 17.0 Å². The molecule has 0 radical (unpaired) electrons. The van der Waals surface area contributed by atoms with Crippen LogP contribution in [0, 0.1) is 11.6 Å². The number of benzene rings is 1. The van der Waals surface area contributed by atoms with Crippen LogP contribution >= 0.6 is 0 Å². The number of H-pyrrole nitrogens is 1. The third kappa shape index (κ3) is 3.44. The molecule has 0 fully saturated rings. The molecule has 1 aromatic carbocycles. The van der Waals surface area contributed by atoms with Gasteiger partial charge in [0, 0.05) is 17.3 Å². The van der Waals surface area contributed by atoms with E-state index in [1.165, 1.54) is 44.4 Å². The fourth-order valence-corrected chi connectivity index (χ4v) is 3.11. The highest BCUT2D eigenvalue weighted by Gasteiger charge is 2.24. The number of fused-ring (bicyclic) bond motifs is 1. The second-order valence-electron chi connectivity index (χ2n) is 7.24. The molecule has 0 spiro atoms. The zero-order valence-electron chi connectivity index (χ0n) is 16.0. The first kappa shape index (κ1) is 19.0. The van der Waals surface area contributed by atoms with E-state index < -0.39 is 23.3 Å². The molecule has 0 aliphatic rings. The van der Waals surface area contributed by atoms with Gasteiger partial charge in [-0.1, -0.05) is 0 Å². The van der Waals surface area contributed by atoms with Crippen molar-refractivity contribution in [3.8, 4) is 17.0 Å². The molecule has 0 amide bonds. The summed E-state index contributed by atoms with van der Waals surface area (Å²) in [6.07, 6.45) is 4.09. The van der Waals surface area contributed by atoms with Gasteiger partial charge in [-0.3, -0.25) is 4.40 Å². The van der Waals surface area contributed by atoms with Crippen molar-refractivity contribution in [3.63, 3.8) is 0 Å². The number of pyridine rings is 1. The van der Waals surface area contributed by atoms with Gasteiger partial charge in [-0.2, -0.15) is 15.4 Å². The Morgan fingerprint density at radius 3 is 2.69 bits per heavy atom. The van der Waals surface area contributed by atoms with E-state index in [1.54, 1.807) is 23.6 Å². The number of nitrogens with one attached hydrogen (secondary N) is 1. The van der Waals surface area contributed by atoms with E-state index in [9.17, 15) is 13.9 Å². The summed E-state index contributed by atoms with van der Waals surface area (Å²) in [5, 5.41) is 20.3. The molecule has 2 N–H and O–H groups in total. The van der Waals surface area contributed by atoms with Crippen molar-refractivity contribution >= 4 is 5.65 Å². The lowest BCUT2D eigenvalue weighted by Crippen LogP contribution is -2.18. The second kappa shape index (κ2) is 6.93. The molecule has 7 nitrogen and oxygen atoms in total. The first-order valence-corrected chi connectivity index (χ1v) is 8.96. The van der Waals surface area contributed by atoms with Crippen molar-refractivity contribution in [1.29, 1.82) is 0 Å². The van der Waals surface area contributed by atoms with E-state index in [0.29, 0.717) is 17.0 Å². The van der Waals surface area contributed by atoms with Crippen LogP contribution in [0.5, 0.6) is 5.75 Å². The molecular weight excluding hydrogens is 380 g/mol. The van der Waals surface area contributed by atoms with Gasteiger partial charge in [0.15, 0.2) is 23.0 Å². The van der Waals surface area contributed by atoms with Crippen LogP contribution in [0.3, 0.4) is 0 Å². The molecule has 3 heterocycles. The molecule has 9 heteroatoms. The molecule has 0 saturated heterocycles. The van der Waals surface area contributed by atoms with Gasteiger partial charge < -0.3 is 9.84 Å². The molecule has 0 bridgehead atoms. The van der Waals surface area contributed by atoms with E-state index >= 15 is 0 Å². The summed E-state index contributed by atoms with van der Waals surface area (Å²) in [5.74, 6) is -1.11. The molecule has 29 heavy (non-hydrogen) atoms. The molecule has 0 aliphatic carbocycles. The van der Waals surface area contributed by atoms with Crippen LogP contribution in [0.2, 0.25) is 0 Å². The van der Waals surface area contributed by atoms with Crippen LogP contribution < -0.4 is 4.74 Å². The molecule has 4 rings (SSSR count). The van der Waals surface area contributed by atoms with Crippen molar-refractivity contribution in [2.24, 2.45) is 0 Å². The summed E-state index contributed by atoms with van der Waals surface area (Å²) in [6, 6.07) is 5.87. The molecular formula is C20H19F2N5O2. The number of rotatable bonds is 5. The lowest BCUT2D eigenvalue weighted by atomic mass is 9.99. The molecule has 0 saturated carbocycles. The lowest BCUT2D eigenvalue weighted by molar-refractivity contribution is 0.0746. The van der Waals surface area contributed by atoms with Crippen molar-refractivity contribution < 1.29 is 18.6 Å². The average molecular weight is 399 g/mol. The van der Waals surface area contributed by atoms with Crippen molar-refractivity contribution in [1.82, 2.24) is 24.8 Å². The number of imidazole rings is 1. The Kier molecular flexibility index (Phi) is 4.54. The predicted molar refractivity (Wildman–Crippen MR) is 101 cm³/mol. The van der Waals surface area contributed by atoms with Gasteiger partial charge in [0.2, 0.25) is 0 Å². The smallest absolute Gasteiger partial charge is 0.174 e. The van der Waals surface area contributed by atoms with Gasteiger partial charge in [0.25, 0.3) is 0 Å². The Labute approximate surface area is 165 Å². The zero-order valence-corrected chi connectivity index (χ0v) is 16.0. The first-order chi connectivity index (χ1) is 13.8. The number of hydrogen-bond acceptors (Lipinski definition) is 5. The Balaban J connectivity index is 1.74. The summed E-state index contributed by atoms with van der Waals surface area (Å²) in [4.78, 5) is 4.14. The number of halogens is 2. The standard InChI is InChI=1S/C20H19F2N5O2/c1-11(15-9-24-26-25-15)29-17-8-12(4-5-14(17)21)16-10-23-19-18(22)13(20(2,3)28)6-7-27(16)19/h4-11,28H,1-3H3,(H,24,25,26). The SMILES string of the molecule is CC(Oc1cc(-c2cnc3c(F)c(C(C)(C)O)ccn23)ccc1F)c1cn[nH]n1. The van der Waals surface area contributed by atoms with Crippen LogP contribution in [0.4, 0.5) is 8.78 Å². The number of aromatic amines is 1. The van der Waals surface area contributed by atoms with Gasteiger partial charge in [0.05, 0.1) is 23.7 Å². The maximum absolute atomic E-state index is 14.8. The predicted octanol–water partition coefficient (Wildman–Crippen LogP) is 3.77. The largest absolute Gasteiger partial charge is 0.481 e. The molecule has 3 aromatic heterocycles. The highest BCUT2D eigenvalue weighted by Crippen LogP contribution is 2.32. The Hall–Kier alpha value is -3.33. The molecule has 4 aromatic rings. The normalized spacial score (nSPS) is 13.0. The first-order valence-electron chi connectivity index (χ1n) is 8.96.